The van der Waals surface area contributed by atoms with Gasteiger partial charge in [-0.3, -0.25) is 5.32 Å². The van der Waals surface area contributed by atoms with Crippen molar-refractivity contribution in [2.45, 2.75) is 25.7 Å². The van der Waals surface area contributed by atoms with Gasteiger partial charge in [0.25, 0.3) is 0 Å². The quantitative estimate of drug-likeness (QED) is 0.691. The van der Waals surface area contributed by atoms with E-state index in [1.54, 1.807) is 12.5 Å². The molecular formula is C9H13NO2. The van der Waals surface area contributed by atoms with Crippen LogP contribution < -0.4 is 5.32 Å². The maximum absolute atomic E-state index is 5.72. The molecule has 1 N–H and O–H groups in total. The predicted molar refractivity (Wildman–Crippen MR) is 44.6 cm³/mol. The lowest BCUT2D eigenvalue weighted by Crippen LogP contribution is -2.33. The summed E-state index contributed by atoms with van der Waals surface area (Å²) in [6.07, 6.45) is 3.54. The first-order chi connectivity index (χ1) is 5.67. The monoisotopic (exact) mass is 167 g/mol. The molecule has 0 radical (unpaired) electrons. The average Bonchev–Trinajstić information content (AvgIpc) is 2.55. The summed E-state index contributed by atoms with van der Waals surface area (Å²) in [6.45, 7) is 4.90. The highest BCUT2D eigenvalue weighted by Crippen LogP contribution is 2.27. The van der Waals surface area contributed by atoms with Crippen LogP contribution >= 0.6 is 0 Å². The predicted octanol–water partition coefficient (Wildman–Crippen LogP) is 1.68. The lowest BCUT2D eigenvalue weighted by Gasteiger charge is -2.17. The molecule has 1 fully saturated rings. The first-order valence-corrected chi connectivity index (χ1v) is 4.12. The van der Waals surface area contributed by atoms with Gasteiger partial charge in [0, 0.05) is 12.1 Å². The van der Waals surface area contributed by atoms with E-state index in [1.807, 2.05) is 19.9 Å². The van der Waals surface area contributed by atoms with Crippen LogP contribution in [0.3, 0.4) is 0 Å². The molecule has 0 aliphatic carbocycles. The van der Waals surface area contributed by atoms with Crippen molar-refractivity contribution in [2.75, 3.05) is 6.54 Å². The number of furan rings is 1. The summed E-state index contributed by atoms with van der Waals surface area (Å²) in [6, 6.07) is 1.94. The van der Waals surface area contributed by atoms with Crippen molar-refractivity contribution >= 4 is 0 Å². The van der Waals surface area contributed by atoms with Crippen molar-refractivity contribution in [3.8, 4) is 0 Å². The Bertz CT molecular complexity index is 254. The lowest BCUT2D eigenvalue weighted by molar-refractivity contribution is -0.0242. The molecule has 2 heterocycles. The fourth-order valence-electron chi connectivity index (χ4n) is 1.42. The molecule has 0 amide bonds. The van der Waals surface area contributed by atoms with Gasteiger partial charge in [0.2, 0.25) is 0 Å². The zero-order chi connectivity index (χ0) is 8.60. The van der Waals surface area contributed by atoms with Crippen LogP contribution in [0.4, 0.5) is 0 Å². The fraction of sp³-hybridized carbons (Fsp3) is 0.556. The lowest BCUT2D eigenvalue weighted by atomic mass is 10.2. The summed E-state index contributed by atoms with van der Waals surface area (Å²) in [4.78, 5) is 0. The maximum Gasteiger partial charge on any atom is 0.114 e. The highest BCUT2D eigenvalue weighted by molar-refractivity contribution is 5.11. The molecule has 1 aromatic rings. The molecule has 1 saturated heterocycles. The van der Waals surface area contributed by atoms with Gasteiger partial charge in [0.15, 0.2) is 0 Å². The Hall–Kier alpha value is -0.800. The second kappa shape index (κ2) is 2.61. The zero-order valence-corrected chi connectivity index (χ0v) is 7.33. The zero-order valence-electron chi connectivity index (χ0n) is 7.33. The van der Waals surface area contributed by atoms with Crippen LogP contribution in [0.5, 0.6) is 0 Å². The molecule has 0 saturated carbocycles. The van der Waals surface area contributed by atoms with Crippen LogP contribution in [0.2, 0.25) is 0 Å². The van der Waals surface area contributed by atoms with Crippen molar-refractivity contribution in [2.24, 2.45) is 0 Å². The molecule has 3 heteroatoms. The van der Waals surface area contributed by atoms with E-state index in [0.29, 0.717) is 0 Å². The Morgan fingerprint density at radius 1 is 1.58 bits per heavy atom. The summed E-state index contributed by atoms with van der Waals surface area (Å²) >= 11 is 0. The Labute approximate surface area is 71.7 Å². The second-order valence-electron chi connectivity index (χ2n) is 3.55. The topological polar surface area (TPSA) is 34.4 Å². The summed E-state index contributed by atoms with van der Waals surface area (Å²) < 4.78 is 10.7. The highest BCUT2D eigenvalue weighted by Gasteiger charge is 2.32. The minimum absolute atomic E-state index is 0.138. The van der Waals surface area contributed by atoms with Gasteiger partial charge in [-0.05, 0) is 19.9 Å². The van der Waals surface area contributed by atoms with E-state index in [2.05, 4.69) is 5.32 Å². The van der Waals surface area contributed by atoms with Crippen molar-refractivity contribution < 1.29 is 9.15 Å². The average molecular weight is 167 g/mol. The van der Waals surface area contributed by atoms with Gasteiger partial charge < -0.3 is 9.15 Å². The summed E-state index contributed by atoms with van der Waals surface area (Å²) in [5.74, 6) is 0. The molecule has 1 aromatic heterocycles. The third-order valence-corrected chi connectivity index (χ3v) is 2.07. The van der Waals surface area contributed by atoms with E-state index in [9.17, 15) is 0 Å². The number of rotatable bonds is 1. The first kappa shape index (κ1) is 7.83. The van der Waals surface area contributed by atoms with E-state index in [4.69, 9.17) is 9.15 Å². The van der Waals surface area contributed by atoms with Crippen LogP contribution in [0, 0.1) is 0 Å². The van der Waals surface area contributed by atoms with Crippen LogP contribution in [-0.2, 0) is 4.74 Å². The van der Waals surface area contributed by atoms with Gasteiger partial charge in [-0.15, -0.1) is 0 Å². The number of nitrogens with one attached hydrogen (secondary N) is 1. The van der Waals surface area contributed by atoms with Crippen molar-refractivity contribution in [1.29, 1.82) is 0 Å². The molecule has 0 bridgehead atoms. The standard InChI is InChI=1S/C9H13NO2/c1-9(2)10-5-8(12-9)7-3-4-11-6-7/h3-4,6,8,10H,5H2,1-2H3. The maximum atomic E-state index is 5.72. The van der Waals surface area contributed by atoms with Gasteiger partial charge in [-0.2, -0.15) is 0 Å². The Balaban J connectivity index is 2.10. The molecule has 66 valence electrons. The van der Waals surface area contributed by atoms with Gasteiger partial charge in [0.1, 0.15) is 11.8 Å². The van der Waals surface area contributed by atoms with Crippen LogP contribution in [0.15, 0.2) is 23.0 Å². The molecule has 3 nitrogen and oxygen atoms in total. The van der Waals surface area contributed by atoms with Crippen LogP contribution in [-0.4, -0.2) is 12.3 Å². The number of hydrogen-bond donors (Lipinski definition) is 1. The molecule has 1 unspecified atom stereocenters. The van der Waals surface area contributed by atoms with Gasteiger partial charge in [-0.1, -0.05) is 0 Å². The third kappa shape index (κ3) is 1.38. The molecular weight excluding hydrogens is 154 g/mol. The minimum atomic E-state index is -0.206. The second-order valence-corrected chi connectivity index (χ2v) is 3.55. The summed E-state index contributed by atoms with van der Waals surface area (Å²) in [5.41, 5.74) is 0.898. The van der Waals surface area contributed by atoms with Crippen molar-refractivity contribution in [3.63, 3.8) is 0 Å². The molecule has 1 aliphatic rings. The van der Waals surface area contributed by atoms with E-state index < -0.39 is 0 Å². The molecule has 1 aliphatic heterocycles. The third-order valence-electron chi connectivity index (χ3n) is 2.07. The van der Waals surface area contributed by atoms with Gasteiger partial charge in [-0.25, -0.2) is 0 Å². The van der Waals surface area contributed by atoms with E-state index in [-0.39, 0.29) is 11.8 Å². The fourth-order valence-corrected chi connectivity index (χ4v) is 1.42. The smallest absolute Gasteiger partial charge is 0.114 e. The van der Waals surface area contributed by atoms with E-state index in [0.717, 1.165) is 12.1 Å². The van der Waals surface area contributed by atoms with Crippen LogP contribution in [0.1, 0.15) is 25.5 Å². The highest BCUT2D eigenvalue weighted by atomic mass is 16.5. The first-order valence-electron chi connectivity index (χ1n) is 4.12. The number of hydrogen-bond acceptors (Lipinski definition) is 3. The minimum Gasteiger partial charge on any atom is -0.472 e. The summed E-state index contributed by atoms with van der Waals surface area (Å²) in [5, 5.41) is 3.27. The number of ether oxygens (including phenoxy) is 1. The van der Waals surface area contributed by atoms with Crippen LogP contribution in [0.25, 0.3) is 0 Å². The van der Waals surface area contributed by atoms with Crippen molar-refractivity contribution in [1.82, 2.24) is 5.32 Å². The largest absolute Gasteiger partial charge is 0.472 e. The van der Waals surface area contributed by atoms with Gasteiger partial charge in [0.05, 0.1) is 12.5 Å². The Kier molecular flexibility index (Phi) is 1.70. The molecule has 12 heavy (non-hydrogen) atoms. The van der Waals surface area contributed by atoms with E-state index >= 15 is 0 Å². The molecule has 0 spiro atoms. The Morgan fingerprint density at radius 2 is 2.42 bits per heavy atom. The van der Waals surface area contributed by atoms with E-state index in [1.165, 1.54) is 0 Å². The SMILES string of the molecule is CC1(C)NCC(c2ccoc2)O1. The van der Waals surface area contributed by atoms with Crippen molar-refractivity contribution in [3.05, 3.63) is 24.2 Å². The Morgan fingerprint density at radius 3 is 2.92 bits per heavy atom. The molecule has 0 aromatic carbocycles. The van der Waals surface area contributed by atoms with Gasteiger partial charge >= 0.3 is 0 Å². The molecule has 1 atom stereocenters. The summed E-state index contributed by atoms with van der Waals surface area (Å²) in [7, 11) is 0. The normalized spacial score (nSPS) is 27.7. The molecule has 2 rings (SSSR count).